The van der Waals surface area contributed by atoms with Gasteiger partial charge in [0.15, 0.2) is 0 Å². The van der Waals surface area contributed by atoms with Crippen LogP contribution in [0.3, 0.4) is 0 Å². The summed E-state index contributed by atoms with van der Waals surface area (Å²) < 4.78 is 0. The van der Waals surface area contributed by atoms with E-state index in [0.29, 0.717) is 5.56 Å². The second-order valence-electron chi connectivity index (χ2n) is 11.4. The van der Waals surface area contributed by atoms with E-state index in [1.54, 1.807) is 32.2 Å². The monoisotopic (exact) mass is 613 g/mol. The molecule has 0 aliphatic rings. The molecule has 0 fully saturated rings. The number of nitrogens with one attached hydrogen (secondary N) is 4. The zero-order chi connectivity index (χ0) is 32.5. The summed E-state index contributed by atoms with van der Waals surface area (Å²) in [4.78, 5) is 55.7. The van der Waals surface area contributed by atoms with Gasteiger partial charge in [-0.1, -0.05) is 74.5 Å². The molecule has 0 aliphatic carbocycles. The number of phenols is 1. The number of carboxylic acid groups (broad SMARTS) is 1. The van der Waals surface area contributed by atoms with Crippen LogP contribution in [0.2, 0.25) is 0 Å². The summed E-state index contributed by atoms with van der Waals surface area (Å²) >= 11 is 0. The lowest BCUT2D eigenvalue weighted by atomic mass is 9.99. The average molecular weight is 614 g/mol. The van der Waals surface area contributed by atoms with Crippen LogP contribution < -0.4 is 21.7 Å². The summed E-state index contributed by atoms with van der Waals surface area (Å²) in [6, 6.07) is 18.4. The van der Waals surface area contributed by atoms with Gasteiger partial charge in [0, 0.05) is 29.9 Å². The van der Waals surface area contributed by atoms with Crippen molar-refractivity contribution in [3.05, 3.63) is 102 Å². The van der Waals surface area contributed by atoms with Crippen LogP contribution in [0.25, 0.3) is 10.9 Å². The number of nitrogens with two attached hydrogens (primary N) is 1. The normalized spacial score (nSPS) is 13.9. The topological polar surface area (TPSA) is 187 Å². The number of aliphatic carboxylic acids is 1. The van der Waals surface area contributed by atoms with Crippen molar-refractivity contribution >= 4 is 34.6 Å². The van der Waals surface area contributed by atoms with E-state index in [-0.39, 0.29) is 30.9 Å². The van der Waals surface area contributed by atoms with Crippen LogP contribution in [-0.2, 0) is 38.4 Å². The Balaban J connectivity index is 1.53. The lowest BCUT2D eigenvalue weighted by molar-refractivity contribution is -0.142. The molecule has 4 rings (SSSR count). The summed E-state index contributed by atoms with van der Waals surface area (Å²) in [7, 11) is 0. The van der Waals surface area contributed by atoms with E-state index in [1.165, 1.54) is 12.1 Å². The number of carboxylic acids is 1. The Kier molecular flexibility index (Phi) is 10.9. The molecule has 1 aromatic heterocycles. The summed E-state index contributed by atoms with van der Waals surface area (Å²) in [5.41, 5.74) is 9.21. The van der Waals surface area contributed by atoms with E-state index in [4.69, 9.17) is 5.73 Å². The number of phenolic OH excluding ortho intramolecular Hbond substituents is 1. The molecule has 236 valence electrons. The molecule has 11 heteroatoms. The maximum atomic E-state index is 13.7. The van der Waals surface area contributed by atoms with Gasteiger partial charge in [0.05, 0.1) is 6.04 Å². The predicted molar refractivity (Wildman–Crippen MR) is 170 cm³/mol. The first-order valence-corrected chi connectivity index (χ1v) is 14.8. The Morgan fingerprint density at radius 3 is 2.02 bits per heavy atom. The maximum Gasteiger partial charge on any atom is 0.326 e. The Bertz CT molecular complexity index is 1620. The average Bonchev–Trinajstić information content (AvgIpc) is 3.42. The fourth-order valence-corrected chi connectivity index (χ4v) is 5.09. The number of H-pyrrole nitrogens is 1. The van der Waals surface area contributed by atoms with Gasteiger partial charge in [-0.2, -0.15) is 0 Å². The molecule has 0 bridgehead atoms. The van der Waals surface area contributed by atoms with Crippen molar-refractivity contribution < 1.29 is 29.4 Å². The zero-order valence-electron chi connectivity index (χ0n) is 25.2. The smallest absolute Gasteiger partial charge is 0.326 e. The SMILES string of the molecule is CC(C)C(NC(=O)C(N)Cc1ccccc1)C(=O)NC(Cc1c[nH]c2ccccc12)C(=O)NC(Cc1ccc(O)cc1)C(=O)O. The number of carbonyl (C=O) groups excluding carboxylic acids is 3. The van der Waals surface area contributed by atoms with Gasteiger partial charge in [-0.25, -0.2) is 4.79 Å². The molecular formula is C34H39N5O6. The van der Waals surface area contributed by atoms with Crippen molar-refractivity contribution in [1.29, 1.82) is 0 Å². The second-order valence-corrected chi connectivity index (χ2v) is 11.4. The molecule has 0 aliphatic heterocycles. The number of rotatable bonds is 14. The first-order valence-electron chi connectivity index (χ1n) is 14.8. The third kappa shape index (κ3) is 8.93. The lowest BCUT2D eigenvalue weighted by Gasteiger charge is -2.27. The van der Waals surface area contributed by atoms with Gasteiger partial charge in [0.2, 0.25) is 17.7 Å². The number of fused-ring (bicyclic) bond motifs is 1. The van der Waals surface area contributed by atoms with Crippen molar-refractivity contribution in [1.82, 2.24) is 20.9 Å². The van der Waals surface area contributed by atoms with Gasteiger partial charge in [-0.3, -0.25) is 14.4 Å². The van der Waals surface area contributed by atoms with E-state index in [0.717, 1.165) is 22.0 Å². The summed E-state index contributed by atoms with van der Waals surface area (Å²) in [6.07, 6.45) is 2.04. The van der Waals surface area contributed by atoms with Crippen molar-refractivity contribution in [2.75, 3.05) is 0 Å². The van der Waals surface area contributed by atoms with E-state index >= 15 is 0 Å². The van der Waals surface area contributed by atoms with Gasteiger partial charge in [0.1, 0.15) is 23.9 Å². The van der Waals surface area contributed by atoms with Gasteiger partial charge < -0.3 is 36.9 Å². The molecular weight excluding hydrogens is 574 g/mol. The summed E-state index contributed by atoms with van der Waals surface area (Å²) in [5.74, 6) is -3.39. The van der Waals surface area contributed by atoms with Gasteiger partial charge >= 0.3 is 5.97 Å². The Hall–Kier alpha value is -5.16. The molecule has 1 heterocycles. The van der Waals surface area contributed by atoms with Gasteiger partial charge in [-0.05, 0) is 47.2 Å². The van der Waals surface area contributed by atoms with Crippen LogP contribution in [0, 0.1) is 5.92 Å². The number of hydrogen-bond donors (Lipinski definition) is 7. The van der Waals surface area contributed by atoms with Crippen LogP contribution in [0.5, 0.6) is 5.75 Å². The predicted octanol–water partition coefficient (Wildman–Crippen LogP) is 2.42. The number of aromatic nitrogens is 1. The largest absolute Gasteiger partial charge is 0.508 e. The van der Waals surface area contributed by atoms with Crippen LogP contribution in [0.4, 0.5) is 0 Å². The Morgan fingerprint density at radius 1 is 0.733 bits per heavy atom. The number of benzene rings is 3. The number of hydrogen-bond acceptors (Lipinski definition) is 6. The quantitative estimate of drug-likeness (QED) is 0.114. The minimum Gasteiger partial charge on any atom is -0.508 e. The van der Waals surface area contributed by atoms with Crippen LogP contribution >= 0.6 is 0 Å². The highest BCUT2D eigenvalue weighted by atomic mass is 16.4. The first-order chi connectivity index (χ1) is 21.5. The van der Waals surface area contributed by atoms with Gasteiger partial charge in [0.25, 0.3) is 0 Å². The van der Waals surface area contributed by atoms with E-state index in [2.05, 4.69) is 20.9 Å². The fourth-order valence-electron chi connectivity index (χ4n) is 5.09. The van der Waals surface area contributed by atoms with Crippen molar-refractivity contribution in [3.63, 3.8) is 0 Å². The number of amides is 3. The van der Waals surface area contributed by atoms with E-state index in [1.807, 2.05) is 54.6 Å². The minimum atomic E-state index is -1.30. The highest BCUT2D eigenvalue weighted by molar-refractivity contribution is 5.95. The highest BCUT2D eigenvalue weighted by Crippen LogP contribution is 2.20. The molecule has 3 amide bonds. The van der Waals surface area contributed by atoms with E-state index in [9.17, 15) is 29.4 Å². The third-order valence-electron chi connectivity index (χ3n) is 7.60. The third-order valence-corrected chi connectivity index (χ3v) is 7.60. The molecule has 0 spiro atoms. The number of carbonyl (C=O) groups is 4. The van der Waals surface area contributed by atoms with Crippen LogP contribution in [0.1, 0.15) is 30.5 Å². The summed E-state index contributed by atoms with van der Waals surface area (Å²) in [5, 5.41) is 28.4. The Labute approximate surface area is 261 Å². The summed E-state index contributed by atoms with van der Waals surface area (Å²) in [6.45, 7) is 3.53. The van der Waals surface area contributed by atoms with Crippen LogP contribution in [0.15, 0.2) is 85.1 Å². The van der Waals surface area contributed by atoms with E-state index < -0.39 is 47.9 Å². The molecule has 11 nitrogen and oxygen atoms in total. The first kappa shape index (κ1) is 32.7. The number of para-hydroxylation sites is 1. The standard InChI is InChI=1S/C34H39N5O6/c1-20(2)30(39-31(41)26(35)16-21-8-4-3-5-9-21)33(43)37-28(18-23-19-36-27-11-7-6-10-25(23)27)32(42)38-29(34(44)45)17-22-12-14-24(40)15-13-22/h3-15,19-20,26,28-30,36,40H,16-18,35H2,1-2H3,(H,37,43)(H,38,42)(H,39,41)(H,44,45). The molecule has 0 saturated carbocycles. The molecule has 45 heavy (non-hydrogen) atoms. The van der Waals surface area contributed by atoms with Crippen molar-refractivity contribution in [2.24, 2.45) is 11.7 Å². The minimum absolute atomic E-state index is 0.0315. The molecule has 4 atom stereocenters. The molecule has 4 unspecified atom stereocenters. The van der Waals surface area contributed by atoms with Crippen LogP contribution in [-0.4, -0.2) is 63.1 Å². The molecule has 0 saturated heterocycles. The number of aromatic amines is 1. The van der Waals surface area contributed by atoms with Crippen molar-refractivity contribution in [2.45, 2.75) is 57.3 Å². The molecule has 3 aromatic carbocycles. The second kappa shape index (κ2) is 15.0. The molecule has 8 N–H and O–H groups in total. The zero-order valence-corrected chi connectivity index (χ0v) is 25.2. The van der Waals surface area contributed by atoms with Gasteiger partial charge in [-0.15, -0.1) is 0 Å². The Morgan fingerprint density at radius 2 is 1.36 bits per heavy atom. The molecule has 4 aromatic rings. The highest BCUT2D eigenvalue weighted by Gasteiger charge is 2.32. The number of aromatic hydroxyl groups is 1. The lowest BCUT2D eigenvalue weighted by Crippen LogP contribution is -2.59. The van der Waals surface area contributed by atoms with Crippen molar-refractivity contribution in [3.8, 4) is 5.75 Å². The maximum absolute atomic E-state index is 13.7. The fraction of sp³-hybridized carbons (Fsp3) is 0.294. The molecule has 0 radical (unpaired) electrons.